The van der Waals surface area contributed by atoms with Crippen LogP contribution >= 0.6 is 0 Å². The Bertz CT molecular complexity index is 147. The molecule has 2 N–H and O–H groups in total. The molecule has 0 aliphatic heterocycles. The van der Waals surface area contributed by atoms with E-state index in [1.807, 2.05) is 0 Å². The van der Waals surface area contributed by atoms with Crippen molar-refractivity contribution >= 4 is 0 Å². The van der Waals surface area contributed by atoms with E-state index in [4.69, 9.17) is 5.73 Å². The molecule has 0 aromatic rings. The molecule has 0 saturated heterocycles. The maximum Gasteiger partial charge on any atom is 0.00387 e. The van der Waals surface area contributed by atoms with Crippen molar-refractivity contribution in [2.75, 3.05) is 0 Å². The molecule has 1 rings (SSSR count). The summed E-state index contributed by atoms with van der Waals surface area (Å²) in [5.41, 5.74) is 6.42. The van der Waals surface area contributed by atoms with E-state index < -0.39 is 0 Å². The zero-order chi connectivity index (χ0) is 10.1. The normalized spacial score (nSPS) is 33.0. The topological polar surface area (TPSA) is 26.0 Å². The van der Waals surface area contributed by atoms with Crippen molar-refractivity contribution in [1.82, 2.24) is 0 Å². The second-order valence-electron chi connectivity index (χ2n) is 5.84. The van der Waals surface area contributed by atoms with Gasteiger partial charge in [0, 0.05) is 6.04 Å². The average Bonchev–Trinajstić information content (AvgIpc) is 2.03. The molecule has 0 amide bonds. The molecule has 1 nitrogen and oxygen atoms in total. The highest BCUT2D eigenvalue weighted by atomic mass is 14.6. The van der Waals surface area contributed by atoms with E-state index in [1.165, 1.54) is 25.7 Å². The SMILES string of the molecule is CC(N)C1CCC(C(C)(C)C)CC1. The van der Waals surface area contributed by atoms with Crippen molar-refractivity contribution in [3.8, 4) is 0 Å². The molecule has 0 spiro atoms. The Hall–Kier alpha value is -0.0400. The Balaban J connectivity index is 2.39. The van der Waals surface area contributed by atoms with Crippen LogP contribution in [0.25, 0.3) is 0 Å². The summed E-state index contributed by atoms with van der Waals surface area (Å²) in [6.07, 6.45) is 5.46. The van der Waals surface area contributed by atoms with E-state index in [0.717, 1.165) is 11.8 Å². The van der Waals surface area contributed by atoms with Crippen molar-refractivity contribution in [2.45, 2.75) is 59.4 Å². The van der Waals surface area contributed by atoms with Crippen molar-refractivity contribution in [3.63, 3.8) is 0 Å². The smallest absolute Gasteiger partial charge is 0.00387 e. The minimum Gasteiger partial charge on any atom is -0.328 e. The van der Waals surface area contributed by atoms with Crippen molar-refractivity contribution in [2.24, 2.45) is 23.0 Å². The molecule has 1 fully saturated rings. The predicted molar refractivity (Wildman–Crippen MR) is 58.6 cm³/mol. The molecule has 1 aliphatic rings. The molecule has 1 aliphatic carbocycles. The third-order valence-corrected chi connectivity index (χ3v) is 3.74. The quantitative estimate of drug-likeness (QED) is 0.664. The molecule has 1 heteroatoms. The zero-order valence-electron chi connectivity index (χ0n) is 9.64. The van der Waals surface area contributed by atoms with Gasteiger partial charge in [0.2, 0.25) is 0 Å². The third-order valence-electron chi connectivity index (χ3n) is 3.74. The Morgan fingerprint density at radius 3 is 1.85 bits per heavy atom. The lowest BCUT2D eigenvalue weighted by atomic mass is 9.69. The lowest BCUT2D eigenvalue weighted by Gasteiger charge is -2.38. The molecule has 0 bridgehead atoms. The van der Waals surface area contributed by atoms with Gasteiger partial charge in [-0.2, -0.15) is 0 Å². The van der Waals surface area contributed by atoms with Crippen LogP contribution in [0.1, 0.15) is 53.4 Å². The first-order valence-electron chi connectivity index (χ1n) is 5.67. The van der Waals surface area contributed by atoms with Crippen LogP contribution in [0.3, 0.4) is 0 Å². The number of hydrogen-bond acceptors (Lipinski definition) is 1. The molecular formula is C12H25N. The summed E-state index contributed by atoms with van der Waals surface area (Å²) in [5, 5.41) is 0. The highest BCUT2D eigenvalue weighted by Gasteiger charge is 2.30. The van der Waals surface area contributed by atoms with Crippen LogP contribution in [-0.4, -0.2) is 6.04 Å². The van der Waals surface area contributed by atoms with Gasteiger partial charge in [-0.3, -0.25) is 0 Å². The molecule has 1 unspecified atom stereocenters. The van der Waals surface area contributed by atoms with Gasteiger partial charge in [-0.05, 0) is 49.9 Å². The van der Waals surface area contributed by atoms with E-state index in [1.54, 1.807) is 0 Å². The van der Waals surface area contributed by atoms with Gasteiger partial charge in [0.15, 0.2) is 0 Å². The van der Waals surface area contributed by atoms with Gasteiger partial charge in [-0.15, -0.1) is 0 Å². The van der Waals surface area contributed by atoms with Gasteiger partial charge in [-0.1, -0.05) is 20.8 Å². The maximum absolute atomic E-state index is 5.92. The summed E-state index contributed by atoms with van der Waals surface area (Å²) >= 11 is 0. The van der Waals surface area contributed by atoms with Crippen molar-refractivity contribution in [1.29, 1.82) is 0 Å². The molecule has 1 atom stereocenters. The Morgan fingerprint density at radius 2 is 1.54 bits per heavy atom. The van der Waals surface area contributed by atoms with Crippen molar-refractivity contribution < 1.29 is 0 Å². The van der Waals surface area contributed by atoms with E-state index in [0.29, 0.717) is 11.5 Å². The second-order valence-corrected chi connectivity index (χ2v) is 5.84. The minimum atomic E-state index is 0.404. The van der Waals surface area contributed by atoms with Gasteiger partial charge in [-0.25, -0.2) is 0 Å². The van der Waals surface area contributed by atoms with E-state index in [-0.39, 0.29) is 0 Å². The predicted octanol–water partition coefficient (Wildman–Crippen LogP) is 3.19. The van der Waals surface area contributed by atoms with Crippen LogP contribution in [0.15, 0.2) is 0 Å². The van der Waals surface area contributed by atoms with Gasteiger partial charge < -0.3 is 5.73 Å². The fourth-order valence-electron chi connectivity index (χ4n) is 2.51. The van der Waals surface area contributed by atoms with Gasteiger partial charge in [0.05, 0.1) is 0 Å². The monoisotopic (exact) mass is 183 g/mol. The lowest BCUT2D eigenvalue weighted by Crippen LogP contribution is -2.33. The first-order valence-corrected chi connectivity index (χ1v) is 5.67. The van der Waals surface area contributed by atoms with Crippen LogP contribution in [0.4, 0.5) is 0 Å². The van der Waals surface area contributed by atoms with Gasteiger partial charge >= 0.3 is 0 Å². The van der Waals surface area contributed by atoms with E-state index >= 15 is 0 Å². The van der Waals surface area contributed by atoms with Crippen LogP contribution in [0.2, 0.25) is 0 Å². The highest BCUT2D eigenvalue weighted by molar-refractivity contribution is 4.82. The van der Waals surface area contributed by atoms with Gasteiger partial charge in [0.1, 0.15) is 0 Å². The summed E-state index contributed by atoms with van der Waals surface area (Å²) in [4.78, 5) is 0. The second kappa shape index (κ2) is 4.00. The van der Waals surface area contributed by atoms with E-state index in [9.17, 15) is 0 Å². The van der Waals surface area contributed by atoms with Gasteiger partial charge in [0.25, 0.3) is 0 Å². The van der Waals surface area contributed by atoms with E-state index in [2.05, 4.69) is 27.7 Å². The Labute approximate surface area is 83.1 Å². The molecule has 1 saturated carbocycles. The van der Waals surface area contributed by atoms with Crippen LogP contribution in [0.5, 0.6) is 0 Å². The summed E-state index contributed by atoms with van der Waals surface area (Å²) < 4.78 is 0. The third kappa shape index (κ3) is 2.98. The number of hydrogen-bond donors (Lipinski definition) is 1. The summed E-state index contributed by atoms with van der Waals surface area (Å²) in [6, 6.07) is 0.404. The highest BCUT2D eigenvalue weighted by Crippen LogP contribution is 2.40. The summed E-state index contributed by atoms with van der Waals surface area (Å²) in [5.74, 6) is 1.71. The molecule has 0 aromatic heterocycles. The molecule has 78 valence electrons. The molecule has 0 aromatic carbocycles. The fourth-order valence-corrected chi connectivity index (χ4v) is 2.51. The first-order chi connectivity index (χ1) is 5.91. The van der Waals surface area contributed by atoms with Crippen LogP contribution in [0, 0.1) is 17.3 Å². The fraction of sp³-hybridized carbons (Fsp3) is 1.00. The lowest BCUT2D eigenvalue weighted by molar-refractivity contribution is 0.142. The zero-order valence-corrected chi connectivity index (χ0v) is 9.64. The molecular weight excluding hydrogens is 158 g/mol. The summed E-state index contributed by atoms with van der Waals surface area (Å²) in [7, 11) is 0. The largest absolute Gasteiger partial charge is 0.328 e. The first kappa shape index (κ1) is 11.0. The van der Waals surface area contributed by atoms with Crippen LogP contribution in [-0.2, 0) is 0 Å². The molecule has 0 radical (unpaired) electrons. The number of rotatable bonds is 1. The standard InChI is InChI=1S/C12H25N/c1-9(13)10-5-7-11(8-6-10)12(2,3)4/h9-11H,5-8,13H2,1-4H3. The maximum atomic E-state index is 5.92. The molecule has 0 heterocycles. The average molecular weight is 183 g/mol. The summed E-state index contributed by atoms with van der Waals surface area (Å²) in [6.45, 7) is 9.25. The van der Waals surface area contributed by atoms with Crippen LogP contribution < -0.4 is 5.73 Å². The Kier molecular flexibility index (Phi) is 3.39. The Morgan fingerprint density at radius 1 is 1.08 bits per heavy atom. The minimum absolute atomic E-state index is 0.404. The number of nitrogens with two attached hydrogens (primary N) is 1. The molecule has 13 heavy (non-hydrogen) atoms. The van der Waals surface area contributed by atoms with Crippen molar-refractivity contribution in [3.05, 3.63) is 0 Å².